The standard InChI is InChI=1S/C11H12F3N3O/c1-18-5-7(15)10-16-8-3-2-6(11(12,13)14)4-9(8)17-10/h2-4,7H,5,15H2,1H3,(H,16,17). The average Bonchev–Trinajstić information content (AvgIpc) is 2.70. The van der Waals surface area contributed by atoms with E-state index in [9.17, 15) is 13.2 Å². The summed E-state index contributed by atoms with van der Waals surface area (Å²) >= 11 is 0. The molecule has 1 aromatic carbocycles. The fourth-order valence-corrected chi connectivity index (χ4v) is 1.64. The van der Waals surface area contributed by atoms with Crippen molar-refractivity contribution in [3.05, 3.63) is 29.6 Å². The maximum absolute atomic E-state index is 12.5. The number of halogens is 3. The van der Waals surface area contributed by atoms with Crippen molar-refractivity contribution in [2.45, 2.75) is 12.2 Å². The van der Waals surface area contributed by atoms with Crippen LogP contribution in [0.25, 0.3) is 11.0 Å². The van der Waals surface area contributed by atoms with Crippen LogP contribution in [0, 0.1) is 0 Å². The molecule has 98 valence electrons. The van der Waals surface area contributed by atoms with Gasteiger partial charge in [-0.1, -0.05) is 0 Å². The van der Waals surface area contributed by atoms with Gasteiger partial charge in [0.05, 0.1) is 29.2 Å². The van der Waals surface area contributed by atoms with Crippen LogP contribution in [-0.4, -0.2) is 23.7 Å². The Kier molecular flexibility index (Phi) is 3.27. The topological polar surface area (TPSA) is 63.9 Å². The minimum Gasteiger partial charge on any atom is -0.383 e. The van der Waals surface area contributed by atoms with Gasteiger partial charge in [-0.3, -0.25) is 0 Å². The molecule has 3 N–H and O–H groups in total. The summed E-state index contributed by atoms with van der Waals surface area (Å²) in [6.45, 7) is 0.242. The largest absolute Gasteiger partial charge is 0.416 e. The molecule has 1 unspecified atom stereocenters. The third-order valence-corrected chi connectivity index (χ3v) is 2.52. The van der Waals surface area contributed by atoms with E-state index in [0.717, 1.165) is 12.1 Å². The molecule has 18 heavy (non-hydrogen) atoms. The molecule has 2 aromatic rings. The van der Waals surface area contributed by atoms with Gasteiger partial charge in [0.25, 0.3) is 0 Å². The van der Waals surface area contributed by atoms with Crippen molar-refractivity contribution in [2.24, 2.45) is 5.73 Å². The van der Waals surface area contributed by atoms with Crippen molar-refractivity contribution in [1.82, 2.24) is 9.97 Å². The Morgan fingerprint density at radius 3 is 2.78 bits per heavy atom. The molecule has 7 heteroatoms. The summed E-state index contributed by atoms with van der Waals surface area (Å²) in [5.74, 6) is 0.408. The number of nitrogens with one attached hydrogen (secondary N) is 1. The van der Waals surface area contributed by atoms with Gasteiger partial charge in [0.1, 0.15) is 5.82 Å². The van der Waals surface area contributed by atoms with E-state index in [1.54, 1.807) is 0 Å². The number of aromatic nitrogens is 2. The smallest absolute Gasteiger partial charge is 0.383 e. The van der Waals surface area contributed by atoms with E-state index >= 15 is 0 Å². The summed E-state index contributed by atoms with van der Waals surface area (Å²) < 4.78 is 42.4. The zero-order valence-corrected chi connectivity index (χ0v) is 9.58. The van der Waals surface area contributed by atoms with Crippen LogP contribution in [0.15, 0.2) is 18.2 Å². The van der Waals surface area contributed by atoms with E-state index in [0.29, 0.717) is 16.9 Å². The van der Waals surface area contributed by atoms with Crippen molar-refractivity contribution in [3.8, 4) is 0 Å². The first kappa shape index (κ1) is 12.8. The summed E-state index contributed by atoms with van der Waals surface area (Å²) in [7, 11) is 1.49. The number of fused-ring (bicyclic) bond motifs is 1. The first-order chi connectivity index (χ1) is 8.41. The quantitative estimate of drug-likeness (QED) is 0.888. The fraction of sp³-hybridized carbons (Fsp3) is 0.364. The highest BCUT2D eigenvalue weighted by atomic mass is 19.4. The van der Waals surface area contributed by atoms with Gasteiger partial charge < -0.3 is 15.5 Å². The van der Waals surface area contributed by atoms with Crippen LogP contribution in [0.5, 0.6) is 0 Å². The van der Waals surface area contributed by atoms with Crippen LogP contribution in [0.1, 0.15) is 17.4 Å². The SMILES string of the molecule is COCC(N)c1nc2ccc(C(F)(F)F)cc2[nH]1. The van der Waals surface area contributed by atoms with Gasteiger partial charge in [-0.15, -0.1) is 0 Å². The van der Waals surface area contributed by atoms with Crippen LogP contribution < -0.4 is 5.73 Å². The number of H-pyrrole nitrogens is 1. The van der Waals surface area contributed by atoms with Crippen LogP contribution in [-0.2, 0) is 10.9 Å². The van der Waals surface area contributed by atoms with Crippen LogP contribution in [0.2, 0.25) is 0 Å². The molecular formula is C11H12F3N3O. The van der Waals surface area contributed by atoms with Gasteiger partial charge >= 0.3 is 6.18 Å². The number of aromatic amines is 1. The summed E-state index contributed by atoms with van der Waals surface area (Å²) in [4.78, 5) is 6.90. The average molecular weight is 259 g/mol. The van der Waals surface area contributed by atoms with Crippen LogP contribution in [0.4, 0.5) is 13.2 Å². The lowest BCUT2D eigenvalue weighted by Gasteiger charge is -2.05. The summed E-state index contributed by atoms with van der Waals surface area (Å²) in [6, 6.07) is 2.84. The van der Waals surface area contributed by atoms with Crippen molar-refractivity contribution in [2.75, 3.05) is 13.7 Å². The van der Waals surface area contributed by atoms with E-state index in [1.165, 1.54) is 13.2 Å². The van der Waals surface area contributed by atoms with Crippen molar-refractivity contribution in [3.63, 3.8) is 0 Å². The predicted molar refractivity (Wildman–Crippen MR) is 59.9 cm³/mol. The molecule has 0 aliphatic carbocycles. The molecule has 0 fully saturated rings. The van der Waals surface area contributed by atoms with Gasteiger partial charge in [-0.2, -0.15) is 13.2 Å². The lowest BCUT2D eigenvalue weighted by Crippen LogP contribution is -2.17. The molecule has 1 atom stereocenters. The number of nitrogens with zero attached hydrogens (tertiary/aromatic N) is 1. The minimum absolute atomic E-state index is 0.242. The predicted octanol–water partition coefficient (Wildman–Crippen LogP) is 2.23. The Balaban J connectivity index is 2.40. The first-order valence-corrected chi connectivity index (χ1v) is 5.23. The van der Waals surface area contributed by atoms with Crippen molar-refractivity contribution >= 4 is 11.0 Å². The maximum Gasteiger partial charge on any atom is 0.416 e. The minimum atomic E-state index is -4.37. The molecule has 2 rings (SSSR count). The molecule has 1 aromatic heterocycles. The highest BCUT2D eigenvalue weighted by Crippen LogP contribution is 2.31. The molecule has 0 aliphatic heterocycles. The lowest BCUT2D eigenvalue weighted by molar-refractivity contribution is -0.137. The molecule has 0 bridgehead atoms. The highest BCUT2D eigenvalue weighted by Gasteiger charge is 2.30. The number of hydrogen-bond acceptors (Lipinski definition) is 3. The molecular weight excluding hydrogens is 247 g/mol. The Morgan fingerprint density at radius 1 is 1.44 bits per heavy atom. The second-order valence-electron chi connectivity index (χ2n) is 3.91. The molecule has 0 saturated heterocycles. The number of imidazole rings is 1. The van der Waals surface area contributed by atoms with Crippen LogP contribution >= 0.6 is 0 Å². The van der Waals surface area contributed by atoms with E-state index in [2.05, 4.69) is 9.97 Å². The number of methoxy groups -OCH3 is 1. The van der Waals surface area contributed by atoms with Crippen molar-refractivity contribution < 1.29 is 17.9 Å². The molecule has 0 saturated carbocycles. The normalized spacial score (nSPS) is 14.1. The molecule has 1 heterocycles. The number of benzene rings is 1. The monoisotopic (exact) mass is 259 g/mol. The maximum atomic E-state index is 12.5. The molecule has 0 aliphatic rings. The number of ether oxygens (including phenoxy) is 1. The Bertz CT molecular complexity index is 550. The zero-order chi connectivity index (χ0) is 13.3. The van der Waals surface area contributed by atoms with E-state index in [1.807, 2.05) is 0 Å². The lowest BCUT2D eigenvalue weighted by atomic mass is 10.2. The molecule has 0 spiro atoms. The fourth-order valence-electron chi connectivity index (χ4n) is 1.64. The Hall–Kier alpha value is -1.60. The first-order valence-electron chi connectivity index (χ1n) is 5.23. The second kappa shape index (κ2) is 4.58. The Morgan fingerprint density at radius 2 is 2.17 bits per heavy atom. The summed E-state index contributed by atoms with van der Waals surface area (Å²) in [5, 5.41) is 0. The third kappa shape index (κ3) is 2.46. The second-order valence-corrected chi connectivity index (χ2v) is 3.91. The Labute approximate surface area is 101 Å². The van der Waals surface area contributed by atoms with Gasteiger partial charge in [-0.25, -0.2) is 4.98 Å². The van der Waals surface area contributed by atoms with E-state index in [-0.39, 0.29) is 6.61 Å². The van der Waals surface area contributed by atoms with E-state index in [4.69, 9.17) is 10.5 Å². The summed E-state index contributed by atoms with van der Waals surface area (Å²) in [5.41, 5.74) is 5.80. The highest BCUT2D eigenvalue weighted by molar-refractivity contribution is 5.76. The van der Waals surface area contributed by atoms with Gasteiger partial charge in [0.15, 0.2) is 0 Å². The number of alkyl halides is 3. The summed E-state index contributed by atoms with van der Waals surface area (Å²) in [6.07, 6.45) is -4.37. The number of nitrogens with two attached hydrogens (primary N) is 1. The van der Waals surface area contributed by atoms with Gasteiger partial charge in [0.2, 0.25) is 0 Å². The molecule has 0 radical (unpaired) electrons. The molecule has 0 amide bonds. The third-order valence-electron chi connectivity index (χ3n) is 2.52. The number of rotatable bonds is 3. The van der Waals surface area contributed by atoms with Gasteiger partial charge in [-0.05, 0) is 18.2 Å². The van der Waals surface area contributed by atoms with Gasteiger partial charge in [0, 0.05) is 7.11 Å². The number of hydrogen-bond donors (Lipinski definition) is 2. The molecule has 4 nitrogen and oxygen atoms in total. The van der Waals surface area contributed by atoms with E-state index < -0.39 is 17.8 Å². The zero-order valence-electron chi connectivity index (χ0n) is 9.58. The van der Waals surface area contributed by atoms with Crippen LogP contribution in [0.3, 0.4) is 0 Å². The van der Waals surface area contributed by atoms with Crippen molar-refractivity contribution in [1.29, 1.82) is 0 Å².